The molecule has 3 N–H and O–H groups in total. The SMILES string of the molecule is NNc1cc(-c2ccccc2)nc2cc(Cl)c(F)c(Cl)c12. The molecule has 0 saturated heterocycles. The maximum atomic E-state index is 13.8. The third-order valence-electron chi connectivity index (χ3n) is 3.16. The predicted octanol–water partition coefficient (Wildman–Crippen LogP) is 4.63. The van der Waals surface area contributed by atoms with Gasteiger partial charge in [0, 0.05) is 10.9 Å². The highest BCUT2D eigenvalue weighted by Gasteiger charge is 2.16. The van der Waals surface area contributed by atoms with Crippen molar-refractivity contribution in [3.63, 3.8) is 0 Å². The molecule has 21 heavy (non-hydrogen) atoms. The van der Waals surface area contributed by atoms with E-state index in [1.165, 1.54) is 6.07 Å². The number of halogens is 3. The van der Waals surface area contributed by atoms with Crippen molar-refractivity contribution < 1.29 is 4.39 Å². The Morgan fingerprint density at radius 3 is 2.48 bits per heavy atom. The summed E-state index contributed by atoms with van der Waals surface area (Å²) in [6.07, 6.45) is 0. The molecule has 2 aromatic carbocycles. The minimum absolute atomic E-state index is 0.0758. The number of aromatic nitrogens is 1. The lowest BCUT2D eigenvalue weighted by Gasteiger charge is -2.11. The van der Waals surface area contributed by atoms with Crippen molar-refractivity contribution in [2.75, 3.05) is 5.43 Å². The number of nitrogens with one attached hydrogen (secondary N) is 1. The average Bonchev–Trinajstić information content (AvgIpc) is 2.52. The van der Waals surface area contributed by atoms with Crippen molar-refractivity contribution in [2.24, 2.45) is 5.84 Å². The van der Waals surface area contributed by atoms with Crippen LogP contribution in [0.5, 0.6) is 0 Å². The van der Waals surface area contributed by atoms with E-state index < -0.39 is 5.82 Å². The molecule has 1 heterocycles. The first-order valence-corrected chi connectivity index (χ1v) is 6.87. The smallest absolute Gasteiger partial charge is 0.161 e. The van der Waals surface area contributed by atoms with Crippen LogP contribution in [-0.2, 0) is 0 Å². The summed E-state index contributed by atoms with van der Waals surface area (Å²) in [5, 5.41) is 0.228. The van der Waals surface area contributed by atoms with Gasteiger partial charge in [0.05, 0.1) is 26.9 Å². The molecule has 106 valence electrons. The van der Waals surface area contributed by atoms with Crippen LogP contribution in [0.15, 0.2) is 42.5 Å². The summed E-state index contributed by atoms with van der Waals surface area (Å²) in [6, 6.07) is 12.7. The topological polar surface area (TPSA) is 50.9 Å². The summed E-state index contributed by atoms with van der Waals surface area (Å²) in [6.45, 7) is 0. The summed E-state index contributed by atoms with van der Waals surface area (Å²) < 4.78 is 13.8. The molecule has 0 amide bonds. The highest BCUT2D eigenvalue weighted by Crippen LogP contribution is 2.37. The number of anilines is 1. The second-order valence-electron chi connectivity index (χ2n) is 4.45. The standard InChI is InChI=1S/C15H10Cl2FN3/c16-9-6-11-13(14(17)15(9)18)12(21-19)7-10(20-11)8-4-2-1-3-5-8/h1-7H,19H2,(H,20,21). The molecule has 3 nitrogen and oxygen atoms in total. The van der Waals surface area contributed by atoms with E-state index in [0.717, 1.165) is 5.56 Å². The molecular weight excluding hydrogens is 312 g/mol. The van der Waals surface area contributed by atoms with E-state index in [2.05, 4.69) is 10.4 Å². The van der Waals surface area contributed by atoms with E-state index in [9.17, 15) is 4.39 Å². The second kappa shape index (κ2) is 5.48. The molecule has 0 aliphatic rings. The fourth-order valence-electron chi connectivity index (χ4n) is 2.17. The zero-order valence-electron chi connectivity index (χ0n) is 10.7. The number of hydrogen-bond acceptors (Lipinski definition) is 3. The van der Waals surface area contributed by atoms with Crippen molar-refractivity contribution in [3.8, 4) is 11.3 Å². The third kappa shape index (κ3) is 2.42. The number of rotatable bonds is 2. The Hall–Kier alpha value is -1.88. The highest BCUT2D eigenvalue weighted by atomic mass is 35.5. The molecule has 3 aromatic rings. The monoisotopic (exact) mass is 321 g/mol. The number of benzene rings is 2. The quantitative estimate of drug-likeness (QED) is 0.411. The fourth-order valence-corrected chi connectivity index (χ4v) is 2.72. The first-order chi connectivity index (χ1) is 10.1. The van der Waals surface area contributed by atoms with Gasteiger partial charge in [0.15, 0.2) is 5.82 Å². The predicted molar refractivity (Wildman–Crippen MR) is 85.0 cm³/mol. The van der Waals surface area contributed by atoms with Crippen molar-refractivity contribution in [1.82, 2.24) is 4.98 Å². The van der Waals surface area contributed by atoms with Gasteiger partial charge in [-0.2, -0.15) is 0 Å². The molecule has 0 bridgehead atoms. The molecule has 1 aromatic heterocycles. The van der Waals surface area contributed by atoms with Gasteiger partial charge in [-0.15, -0.1) is 0 Å². The lowest BCUT2D eigenvalue weighted by Crippen LogP contribution is -2.08. The number of nitrogens with two attached hydrogens (primary N) is 1. The molecule has 3 rings (SSSR count). The third-order valence-corrected chi connectivity index (χ3v) is 3.79. The Kier molecular flexibility index (Phi) is 3.68. The molecule has 0 aliphatic carbocycles. The maximum absolute atomic E-state index is 13.8. The number of hydrogen-bond donors (Lipinski definition) is 2. The Morgan fingerprint density at radius 2 is 1.81 bits per heavy atom. The zero-order chi connectivity index (χ0) is 15.0. The number of nitrogens with zero attached hydrogens (tertiary/aromatic N) is 1. The van der Waals surface area contributed by atoms with E-state index in [1.807, 2.05) is 30.3 Å². The molecule has 0 saturated carbocycles. The van der Waals surface area contributed by atoms with Gasteiger partial charge in [-0.1, -0.05) is 53.5 Å². The molecule has 0 spiro atoms. The van der Waals surface area contributed by atoms with E-state index in [-0.39, 0.29) is 10.0 Å². The van der Waals surface area contributed by atoms with Gasteiger partial charge >= 0.3 is 0 Å². The van der Waals surface area contributed by atoms with Crippen LogP contribution in [-0.4, -0.2) is 4.98 Å². The van der Waals surface area contributed by atoms with Crippen LogP contribution in [0.3, 0.4) is 0 Å². The largest absolute Gasteiger partial charge is 0.323 e. The van der Waals surface area contributed by atoms with Crippen molar-refractivity contribution in [1.29, 1.82) is 0 Å². The first kappa shape index (κ1) is 14.1. The van der Waals surface area contributed by atoms with E-state index in [0.29, 0.717) is 22.3 Å². The lowest BCUT2D eigenvalue weighted by molar-refractivity contribution is 0.630. The molecule has 0 unspecified atom stereocenters. The van der Waals surface area contributed by atoms with Crippen molar-refractivity contribution in [3.05, 3.63) is 58.3 Å². The Bertz CT molecular complexity index is 822. The summed E-state index contributed by atoms with van der Waals surface area (Å²) in [5.74, 6) is 4.84. The molecule has 0 aliphatic heterocycles. The Labute approximate surface area is 130 Å². The lowest BCUT2D eigenvalue weighted by atomic mass is 10.1. The Balaban J connectivity index is 2.35. The number of pyridine rings is 1. The van der Waals surface area contributed by atoms with Gasteiger partial charge in [0.1, 0.15) is 0 Å². The van der Waals surface area contributed by atoms with Crippen LogP contribution in [0, 0.1) is 5.82 Å². The van der Waals surface area contributed by atoms with Gasteiger partial charge in [-0.05, 0) is 12.1 Å². The summed E-state index contributed by atoms with van der Waals surface area (Å²) >= 11 is 11.9. The molecule has 0 fully saturated rings. The molecular formula is C15H10Cl2FN3. The normalized spacial score (nSPS) is 10.9. The number of nitrogen functional groups attached to an aromatic ring is 1. The molecule has 6 heteroatoms. The number of fused-ring (bicyclic) bond motifs is 1. The van der Waals surface area contributed by atoms with Crippen molar-refractivity contribution >= 4 is 39.8 Å². The molecule has 0 radical (unpaired) electrons. The molecule has 0 atom stereocenters. The maximum Gasteiger partial charge on any atom is 0.161 e. The zero-order valence-corrected chi connectivity index (χ0v) is 12.2. The van der Waals surface area contributed by atoms with Crippen LogP contribution in [0.4, 0.5) is 10.1 Å². The van der Waals surface area contributed by atoms with E-state index >= 15 is 0 Å². The van der Waals surface area contributed by atoms with Crippen LogP contribution in [0.1, 0.15) is 0 Å². The average molecular weight is 322 g/mol. The minimum Gasteiger partial charge on any atom is -0.323 e. The van der Waals surface area contributed by atoms with Crippen LogP contribution < -0.4 is 11.3 Å². The van der Waals surface area contributed by atoms with E-state index in [1.54, 1.807) is 6.07 Å². The number of hydrazine groups is 1. The van der Waals surface area contributed by atoms with Crippen molar-refractivity contribution in [2.45, 2.75) is 0 Å². The van der Waals surface area contributed by atoms with Crippen LogP contribution in [0.2, 0.25) is 10.0 Å². The summed E-state index contributed by atoms with van der Waals surface area (Å²) in [4.78, 5) is 4.49. The van der Waals surface area contributed by atoms with Gasteiger partial charge < -0.3 is 5.43 Å². The summed E-state index contributed by atoms with van der Waals surface area (Å²) in [5.41, 5.74) is 5.09. The van der Waals surface area contributed by atoms with Gasteiger partial charge in [-0.25, -0.2) is 9.37 Å². The van der Waals surface area contributed by atoms with E-state index in [4.69, 9.17) is 29.0 Å². The first-order valence-electron chi connectivity index (χ1n) is 6.12. The second-order valence-corrected chi connectivity index (χ2v) is 5.23. The van der Waals surface area contributed by atoms with Crippen LogP contribution >= 0.6 is 23.2 Å². The Morgan fingerprint density at radius 1 is 1.10 bits per heavy atom. The minimum atomic E-state index is -0.684. The van der Waals surface area contributed by atoms with Gasteiger partial charge in [0.2, 0.25) is 0 Å². The highest BCUT2D eigenvalue weighted by molar-refractivity contribution is 6.39. The van der Waals surface area contributed by atoms with Gasteiger partial charge in [-0.3, -0.25) is 5.84 Å². The fraction of sp³-hybridized carbons (Fsp3) is 0. The summed E-state index contributed by atoms with van der Waals surface area (Å²) in [7, 11) is 0. The van der Waals surface area contributed by atoms with Crippen LogP contribution in [0.25, 0.3) is 22.2 Å². The van der Waals surface area contributed by atoms with Gasteiger partial charge in [0.25, 0.3) is 0 Å².